The van der Waals surface area contributed by atoms with E-state index in [1.807, 2.05) is 32.0 Å². The highest BCUT2D eigenvalue weighted by molar-refractivity contribution is 5.39. The summed E-state index contributed by atoms with van der Waals surface area (Å²) in [5, 5.41) is 13.1. The highest BCUT2D eigenvalue weighted by atomic mass is 19.1. The topological polar surface area (TPSA) is 32.3 Å². The van der Waals surface area contributed by atoms with Crippen LogP contribution in [0.1, 0.15) is 23.6 Å². The summed E-state index contributed by atoms with van der Waals surface area (Å²) in [7, 11) is 0. The summed E-state index contributed by atoms with van der Waals surface area (Å²) >= 11 is 0. The molecule has 21 heavy (non-hydrogen) atoms. The molecule has 4 heteroatoms. The molecule has 0 fully saturated rings. The van der Waals surface area contributed by atoms with Gasteiger partial charge in [-0.15, -0.1) is 0 Å². The van der Waals surface area contributed by atoms with Gasteiger partial charge >= 0.3 is 0 Å². The lowest BCUT2D eigenvalue weighted by Crippen LogP contribution is -2.28. The largest absolute Gasteiger partial charge is 0.507 e. The molecular weight excluding hydrogens is 272 g/mol. The van der Waals surface area contributed by atoms with Crippen molar-refractivity contribution in [2.45, 2.75) is 32.9 Å². The molecule has 112 valence electrons. The fourth-order valence-corrected chi connectivity index (χ4v) is 2.25. The Hall–Kier alpha value is -1.94. The second-order valence-electron chi connectivity index (χ2n) is 5.27. The number of aryl methyl sites for hydroxylation is 1. The van der Waals surface area contributed by atoms with Crippen LogP contribution in [0, 0.1) is 18.6 Å². The van der Waals surface area contributed by atoms with Crippen molar-refractivity contribution >= 4 is 0 Å². The van der Waals surface area contributed by atoms with Crippen LogP contribution in [0.5, 0.6) is 5.75 Å². The van der Waals surface area contributed by atoms with E-state index in [4.69, 9.17) is 0 Å². The van der Waals surface area contributed by atoms with E-state index in [1.165, 1.54) is 18.2 Å². The summed E-state index contributed by atoms with van der Waals surface area (Å²) < 4.78 is 27.2. The molecule has 0 saturated carbocycles. The molecule has 0 heterocycles. The van der Waals surface area contributed by atoms with Crippen molar-refractivity contribution in [3.05, 3.63) is 64.7 Å². The van der Waals surface area contributed by atoms with Gasteiger partial charge in [0.25, 0.3) is 0 Å². The van der Waals surface area contributed by atoms with Crippen LogP contribution in [0.25, 0.3) is 0 Å². The molecule has 0 radical (unpaired) electrons. The first-order valence-corrected chi connectivity index (χ1v) is 6.92. The zero-order valence-electron chi connectivity index (χ0n) is 12.2. The summed E-state index contributed by atoms with van der Waals surface area (Å²) in [6, 6.07) is 9.29. The predicted octanol–water partition coefficient (Wildman–Crippen LogP) is 3.70. The number of aromatic hydroxyl groups is 1. The van der Waals surface area contributed by atoms with Crippen molar-refractivity contribution in [1.29, 1.82) is 0 Å². The van der Waals surface area contributed by atoms with Gasteiger partial charge in [0.2, 0.25) is 0 Å². The number of phenolic OH excluding ortho intramolecular Hbond substituents is 1. The van der Waals surface area contributed by atoms with E-state index < -0.39 is 11.6 Å². The standard InChI is InChI=1S/C17H19F2NO/c1-11-5-3-6-13(17(11)21)10-20-12(2)9-14-15(18)7-4-8-16(14)19/h3-8,12,20-21H,9-10H2,1-2H3. The van der Waals surface area contributed by atoms with E-state index >= 15 is 0 Å². The number of hydrogen-bond acceptors (Lipinski definition) is 2. The third-order valence-electron chi connectivity index (χ3n) is 3.53. The van der Waals surface area contributed by atoms with E-state index in [9.17, 15) is 13.9 Å². The fourth-order valence-electron chi connectivity index (χ4n) is 2.25. The summed E-state index contributed by atoms with van der Waals surface area (Å²) in [6.07, 6.45) is 0.255. The third kappa shape index (κ3) is 3.79. The molecule has 0 aliphatic heterocycles. The smallest absolute Gasteiger partial charge is 0.129 e. The van der Waals surface area contributed by atoms with E-state index in [0.717, 1.165) is 11.1 Å². The number of benzene rings is 2. The van der Waals surface area contributed by atoms with Crippen molar-refractivity contribution in [1.82, 2.24) is 5.32 Å². The van der Waals surface area contributed by atoms with Crippen LogP contribution in [-0.4, -0.2) is 11.1 Å². The Morgan fingerprint density at radius 1 is 1.10 bits per heavy atom. The van der Waals surface area contributed by atoms with Gasteiger partial charge in [-0.05, 0) is 38.0 Å². The Morgan fingerprint density at radius 3 is 2.38 bits per heavy atom. The average molecular weight is 291 g/mol. The normalized spacial score (nSPS) is 12.4. The highest BCUT2D eigenvalue weighted by Gasteiger charge is 2.13. The first kappa shape index (κ1) is 15.4. The Balaban J connectivity index is 1.99. The number of nitrogens with one attached hydrogen (secondary N) is 1. The summed E-state index contributed by atoms with van der Waals surface area (Å²) in [5.41, 5.74) is 1.67. The minimum Gasteiger partial charge on any atom is -0.507 e. The summed E-state index contributed by atoms with van der Waals surface area (Å²) in [5.74, 6) is -0.793. The first-order valence-electron chi connectivity index (χ1n) is 6.92. The first-order chi connectivity index (χ1) is 9.99. The molecule has 0 aliphatic rings. The molecule has 0 bridgehead atoms. The zero-order valence-corrected chi connectivity index (χ0v) is 12.2. The van der Waals surface area contributed by atoms with Crippen LogP contribution in [0.2, 0.25) is 0 Å². The third-order valence-corrected chi connectivity index (χ3v) is 3.53. The van der Waals surface area contributed by atoms with Gasteiger partial charge in [-0.3, -0.25) is 0 Å². The molecule has 0 aliphatic carbocycles. The minimum atomic E-state index is -0.526. The molecule has 1 atom stereocenters. The van der Waals surface area contributed by atoms with E-state index in [0.29, 0.717) is 6.54 Å². The van der Waals surface area contributed by atoms with Crippen molar-refractivity contribution in [2.24, 2.45) is 0 Å². The van der Waals surface area contributed by atoms with Crippen LogP contribution in [0.3, 0.4) is 0 Å². The predicted molar refractivity (Wildman–Crippen MR) is 79.2 cm³/mol. The number of para-hydroxylation sites is 1. The molecule has 0 amide bonds. The second kappa shape index (κ2) is 6.68. The molecular formula is C17H19F2NO. The lowest BCUT2D eigenvalue weighted by atomic mass is 10.0. The van der Waals surface area contributed by atoms with E-state index in [1.54, 1.807) is 0 Å². The molecule has 0 spiro atoms. The average Bonchev–Trinajstić information content (AvgIpc) is 2.45. The highest BCUT2D eigenvalue weighted by Crippen LogP contribution is 2.21. The Kier molecular flexibility index (Phi) is 4.91. The Bertz CT molecular complexity index is 608. The summed E-state index contributed by atoms with van der Waals surface area (Å²) in [6.45, 7) is 4.14. The lowest BCUT2D eigenvalue weighted by molar-refractivity contribution is 0.452. The quantitative estimate of drug-likeness (QED) is 0.880. The summed E-state index contributed by atoms with van der Waals surface area (Å²) in [4.78, 5) is 0. The van der Waals surface area contributed by atoms with Gasteiger partial charge in [0.1, 0.15) is 17.4 Å². The van der Waals surface area contributed by atoms with Crippen LogP contribution in [-0.2, 0) is 13.0 Å². The maximum Gasteiger partial charge on any atom is 0.129 e. The Labute approximate surface area is 123 Å². The molecule has 2 nitrogen and oxygen atoms in total. The number of phenols is 1. The molecule has 0 saturated heterocycles. The van der Waals surface area contributed by atoms with E-state index in [2.05, 4.69) is 5.32 Å². The maximum absolute atomic E-state index is 13.6. The van der Waals surface area contributed by atoms with Gasteiger partial charge in [-0.1, -0.05) is 24.3 Å². The number of rotatable bonds is 5. The fraction of sp³-hybridized carbons (Fsp3) is 0.294. The lowest BCUT2D eigenvalue weighted by Gasteiger charge is -2.16. The number of halogens is 2. The minimum absolute atomic E-state index is 0.0889. The van der Waals surface area contributed by atoms with Crippen molar-refractivity contribution in [3.8, 4) is 5.75 Å². The van der Waals surface area contributed by atoms with Crippen molar-refractivity contribution < 1.29 is 13.9 Å². The van der Waals surface area contributed by atoms with Crippen molar-refractivity contribution in [3.63, 3.8) is 0 Å². The van der Waals surface area contributed by atoms with Gasteiger partial charge in [0.15, 0.2) is 0 Å². The van der Waals surface area contributed by atoms with Crippen LogP contribution in [0.15, 0.2) is 36.4 Å². The maximum atomic E-state index is 13.6. The van der Waals surface area contributed by atoms with Gasteiger partial charge in [0.05, 0.1) is 0 Å². The van der Waals surface area contributed by atoms with Gasteiger partial charge in [0, 0.05) is 23.7 Å². The van der Waals surface area contributed by atoms with Gasteiger partial charge < -0.3 is 10.4 Å². The molecule has 0 aromatic heterocycles. The molecule has 2 rings (SSSR count). The zero-order chi connectivity index (χ0) is 15.4. The molecule has 2 aromatic carbocycles. The van der Waals surface area contributed by atoms with Crippen molar-refractivity contribution in [2.75, 3.05) is 0 Å². The second-order valence-corrected chi connectivity index (χ2v) is 5.27. The van der Waals surface area contributed by atoms with Gasteiger partial charge in [-0.2, -0.15) is 0 Å². The SMILES string of the molecule is Cc1cccc(CNC(C)Cc2c(F)cccc2F)c1O. The molecule has 2 aromatic rings. The van der Waals surface area contributed by atoms with Gasteiger partial charge in [-0.25, -0.2) is 8.78 Å². The number of hydrogen-bond donors (Lipinski definition) is 2. The Morgan fingerprint density at radius 2 is 1.71 bits per heavy atom. The monoisotopic (exact) mass is 291 g/mol. The van der Waals surface area contributed by atoms with Crippen LogP contribution in [0.4, 0.5) is 8.78 Å². The molecule has 1 unspecified atom stereocenters. The van der Waals surface area contributed by atoms with Crippen LogP contribution >= 0.6 is 0 Å². The van der Waals surface area contributed by atoms with E-state index in [-0.39, 0.29) is 23.8 Å². The molecule has 2 N–H and O–H groups in total. The van der Waals surface area contributed by atoms with Crippen LogP contribution < -0.4 is 5.32 Å².